The average Bonchev–Trinajstić information content (AvgIpc) is 2.64. The molecule has 3 rings (SSSR count). The molecule has 0 spiro atoms. The zero-order valence-electron chi connectivity index (χ0n) is 14.4. The highest BCUT2D eigenvalue weighted by Gasteiger charge is 2.33. The maximum absolute atomic E-state index is 12.3. The number of nitrogens with one attached hydrogen (secondary N) is 1. The molecule has 1 aliphatic heterocycles. The van der Waals surface area contributed by atoms with Crippen LogP contribution in [0.2, 0.25) is 0 Å². The lowest BCUT2D eigenvalue weighted by Gasteiger charge is -2.38. The molecule has 2 amide bonds. The van der Waals surface area contributed by atoms with E-state index in [0.717, 1.165) is 0 Å². The second-order valence-corrected chi connectivity index (χ2v) is 5.64. The summed E-state index contributed by atoms with van der Waals surface area (Å²) in [7, 11) is 3.09. The number of hydrogen-bond acceptors (Lipinski definition) is 6. The summed E-state index contributed by atoms with van der Waals surface area (Å²) in [6, 6.07) is 10.1. The molecule has 0 unspecified atom stereocenters. The van der Waals surface area contributed by atoms with Crippen LogP contribution in [0.1, 0.15) is 5.56 Å². The quantitative estimate of drug-likeness (QED) is 0.885. The lowest BCUT2D eigenvalue weighted by atomic mass is 10.2. The van der Waals surface area contributed by atoms with Crippen LogP contribution in [0, 0.1) is 11.3 Å². The number of nitriles is 1. The molecule has 8 nitrogen and oxygen atoms in total. The third-order valence-electron chi connectivity index (χ3n) is 3.94. The van der Waals surface area contributed by atoms with Crippen molar-refractivity contribution in [2.24, 2.45) is 0 Å². The minimum atomic E-state index is -0.243. The van der Waals surface area contributed by atoms with Gasteiger partial charge in [-0.1, -0.05) is 0 Å². The van der Waals surface area contributed by atoms with Crippen molar-refractivity contribution in [3.63, 3.8) is 0 Å². The maximum atomic E-state index is 12.3. The van der Waals surface area contributed by atoms with Crippen molar-refractivity contribution in [1.82, 2.24) is 9.88 Å². The van der Waals surface area contributed by atoms with Crippen LogP contribution >= 0.6 is 0 Å². The van der Waals surface area contributed by atoms with Crippen LogP contribution in [0.3, 0.4) is 0 Å². The van der Waals surface area contributed by atoms with Gasteiger partial charge >= 0.3 is 6.03 Å². The van der Waals surface area contributed by atoms with Crippen LogP contribution in [-0.4, -0.2) is 49.3 Å². The van der Waals surface area contributed by atoms with Crippen LogP contribution in [-0.2, 0) is 0 Å². The van der Waals surface area contributed by atoms with E-state index in [9.17, 15) is 4.79 Å². The molecule has 0 saturated carbocycles. The van der Waals surface area contributed by atoms with E-state index in [1.807, 2.05) is 6.07 Å². The number of likely N-dealkylation sites (tertiary alicyclic amines) is 1. The molecule has 8 heteroatoms. The fourth-order valence-corrected chi connectivity index (χ4v) is 2.49. The van der Waals surface area contributed by atoms with Crippen molar-refractivity contribution in [3.05, 3.63) is 42.1 Å². The van der Waals surface area contributed by atoms with Gasteiger partial charge in [-0.25, -0.2) is 9.78 Å². The summed E-state index contributed by atoms with van der Waals surface area (Å²) in [5.74, 6) is 1.54. The second kappa shape index (κ2) is 7.61. The van der Waals surface area contributed by atoms with E-state index in [2.05, 4.69) is 10.3 Å². The summed E-state index contributed by atoms with van der Waals surface area (Å²) >= 11 is 0. The Morgan fingerprint density at radius 3 is 2.77 bits per heavy atom. The Morgan fingerprint density at radius 1 is 1.27 bits per heavy atom. The van der Waals surface area contributed by atoms with Crippen molar-refractivity contribution >= 4 is 11.7 Å². The average molecular weight is 354 g/mol. The maximum Gasteiger partial charge on any atom is 0.322 e. The van der Waals surface area contributed by atoms with E-state index in [1.165, 1.54) is 13.3 Å². The van der Waals surface area contributed by atoms with Gasteiger partial charge in [0.1, 0.15) is 17.6 Å². The molecule has 0 aliphatic carbocycles. The molecule has 2 heterocycles. The summed E-state index contributed by atoms with van der Waals surface area (Å²) in [5, 5.41) is 11.7. The van der Waals surface area contributed by atoms with E-state index in [4.69, 9.17) is 19.5 Å². The molecule has 0 bridgehead atoms. The molecule has 1 fully saturated rings. The van der Waals surface area contributed by atoms with E-state index in [1.54, 1.807) is 42.3 Å². The third kappa shape index (κ3) is 3.78. The van der Waals surface area contributed by atoms with Gasteiger partial charge in [-0.2, -0.15) is 5.26 Å². The summed E-state index contributed by atoms with van der Waals surface area (Å²) in [5.41, 5.74) is 1.04. The highest BCUT2D eigenvalue weighted by atomic mass is 16.5. The Balaban J connectivity index is 1.54. The lowest BCUT2D eigenvalue weighted by Crippen LogP contribution is -2.57. The number of rotatable bonds is 5. The number of methoxy groups -OCH3 is 2. The number of hydrogen-bond donors (Lipinski definition) is 1. The Labute approximate surface area is 150 Å². The fourth-order valence-electron chi connectivity index (χ4n) is 2.49. The Bertz CT molecular complexity index is 843. The predicted octanol–water partition coefficient (Wildman–Crippen LogP) is 2.27. The highest BCUT2D eigenvalue weighted by Crippen LogP contribution is 2.29. The molecule has 1 aromatic carbocycles. The number of benzene rings is 1. The molecular formula is C18H18N4O4. The standard InChI is InChI=1S/C18H18N4O4/c1-24-13-3-4-15(16(8-13)25-2)21-18(23)22-10-14(11-22)26-17-7-12(9-19)5-6-20-17/h3-8,14H,10-11H2,1-2H3,(H,21,23). The van der Waals surface area contributed by atoms with Crippen LogP contribution in [0.25, 0.3) is 0 Å². The first-order chi connectivity index (χ1) is 12.6. The first-order valence-electron chi connectivity index (χ1n) is 7.93. The number of pyridine rings is 1. The van der Waals surface area contributed by atoms with Crippen LogP contribution in [0.5, 0.6) is 17.4 Å². The van der Waals surface area contributed by atoms with Gasteiger partial charge in [-0.3, -0.25) is 0 Å². The SMILES string of the molecule is COc1ccc(NC(=O)N2CC(Oc3cc(C#N)ccn3)C2)c(OC)c1. The van der Waals surface area contributed by atoms with Crippen molar-refractivity contribution in [2.45, 2.75) is 6.10 Å². The van der Waals surface area contributed by atoms with Crippen molar-refractivity contribution in [1.29, 1.82) is 5.26 Å². The zero-order chi connectivity index (χ0) is 18.5. The van der Waals surface area contributed by atoms with Gasteiger partial charge in [0, 0.05) is 18.3 Å². The number of aromatic nitrogens is 1. The fraction of sp³-hybridized carbons (Fsp3) is 0.278. The summed E-state index contributed by atoms with van der Waals surface area (Å²) < 4.78 is 16.1. The van der Waals surface area contributed by atoms with Crippen molar-refractivity contribution in [2.75, 3.05) is 32.6 Å². The summed E-state index contributed by atoms with van der Waals surface area (Å²) in [6.45, 7) is 0.867. The highest BCUT2D eigenvalue weighted by molar-refractivity contribution is 5.91. The Morgan fingerprint density at radius 2 is 2.08 bits per heavy atom. The number of carbonyl (C=O) groups excluding carboxylic acids is 1. The number of ether oxygens (including phenoxy) is 3. The van der Waals surface area contributed by atoms with Crippen LogP contribution in [0.4, 0.5) is 10.5 Å². The lowest BCUT2D eigenvalue weighted by molar-refractivity contribution is 0.0460. The minimum Gasteiger partial charge on any atom is -0.497 e. The van der Waals surface area contributed by atoms with Crippen LogP contribution < -0.4 is 19.5 Å². The van der Waals surface area contributed by atoms with E-state index in [0.29, 0.717) is 41.7 Å². The Hall–Kier alpha value is -3.47. The number of nitrogens with zero attached hydrogens (tertiary/aromatic N) is 3. The van der Waals surface area contributed by atoms with Gasteiger partial charge < -0.3 is 24.4 Å². The summed E-state index contributed by atoms with van der Waals surface area (Å²) in [6.07, 6.45) is 1.37. The molecule has 134 valence electrons. The minimum absolute atomic E-state index is 0.153. The van der Waals surface area contributed by atoms with E-state index >= 15 is 0 Å². The topological polar surface area (TPSA) is 96.7 Å². The summed E-state index contributed by atoms with van der Waals surface area (Å²) in [4.78, 5) is 18.0. The van der Waals surface area contributed by atoms with Crippen LogP contribution in [0.15, 0.2) is 36.5 Å². The van der Waals surface area contributed by atoms with Crippen molar-refractivity contribution < 1.29 is 19.0 Å². The Kier molecular flexibility index (Phi) is 5.08. The smallest absolute Gasteiger partial charge is 0.322 e. The van der Waals surface area contributed by atoms with Gasteiger partial charge in [-0.05, 0) is 18.2 Å². The van der Waals surface area contributed by atoms with Gasteiger partial charge in [0.2, 0.25) is 5.88 Å². The predicted molar refractivity (Wildman–Crippen MR) is 93.5 cm³/mol. The molecule has 26 heavy (non-hydrogen) atoms. The molecule has 0 radical (unpaired) electrons. The molecule has 2 aromatic rings. The molecule has 1 aromatic heterocycles. The molecule has 1 saturated heterocycles. The molecular weight excluding hydrogens is 336 g/mol. The van der Waals surface area contributed by atoms with Gasteiger partial charge in [0.15, 0.2) is 0 Å². The normalized spacial score (nSPS) is 13.3. The van der Waals surface area contributed by atoms with Crippen molar-refractivity contribution in [3.8, 4) is 23.4 Å². The van der Waals surface area contributed by atoms with E-state index < -0.39 is 0 Å². The van der Waals surface area contributed by atoms with Gasteiger partial charge in [-0.15, -0.1) is 0 Å². The van der Waals surface area contributed by atoms with Gasteiger partial charge in [0.25, 0.3) is 0 Å². The monoisotopic (exact) mass is 354 g/mol. The first kappa shape index (κ1) is 17.4. The van der Waals surface area contributed by atoms with Gasteiger partial charge in [0.05, 0.1) is 44.6 Å². The largest absolute Gasteiger partial charge is 0.497 e. The number of amides is 2. The molecule has 1 aliphatic rings. The molecule has 0 atom stereocenters. The molecule has 1 N–H and O–H groups in total. The number of carbonyl (C=O) groups is 1. The third-order valence-corrected chi connectivity index (χ3v) is 3.94. The number of urea groups is 1. The van der Waals surface area contributed by atoms with E-state index in [-0.39, 0.29) is 12.1 Å². The second-order valence-electron chi connectivity index (χ2n) is 5.64. The number of anilines is 1. The zero-order valence-corrected chi connectivity index (χ0v) is 14.4. The first-order valence-corrected chi connectivity index (χ1v) is 7.93.